The maximum atomic E-state index is 5.55. The summed E-state index contributed by atoms with van der Waals surface area (Å²) in [7, 11) is 1.92. The van der Waals surface area contributed by atoms with Gasteiger partial charge in [0.05, 0.1) is 6.61 Å². The lowest BCUT2D eigenvalue weighted by Crippen LogP contribution is -2.23. The summed E-state index contributed by atoms with van der Waals surface area (Å²) >= 11 is 0. The predicted molar refractivity (Wildman–Crippen MR) is 63.9 cm³/mol. The lowest BCUT2D eigenvalue weighted by molar-refractivity contribution is 0.130. The van der Waals surface area contributed by atoms with Gasteiger partial charge >= 0.3 is 6.01 Å². The minimum Gasteiger partial charge on any atom is -0.408 e. The van der Waals surface area contributed by atoms with E-state index in [0.29, 0.717) is 31.5 Å². The molecule has 1 fully saturated rings. The van der Waals surface area contributed by atoms with Crippen LogP contribution in [0.2, 0.25) is 0 Å². The van der Waals surface area contributed by atoms with Crippen LogP contribution in [-0.4, -0.2) is 43.5 Å². The first-order valence-corrected chi connectivity index (χ1v) is 6.11. The van der Waals surface area contributed by atoms with E-state index in [1.165, 1.54) is 12.8 Å². The Morgan fingerprint density at radius 1 is 1.47 bits per heavy atom. The third kappa shape index (κ3) is 3.98. The molecule has 2 rings (SSSR count). The Labute approximate surface area is 101 Å². The molecule has 1 saturated carbocycles. The number of rotatable bonds is 8. The van der Waals surface area contributed by atoms with Crippen LogP contribution in [0.3, 0.4) is 0 Å². The van der Waals surface area contributed by atoms with Crippen LogP contribution in [0.15, 0.2) is 4.42 Å². The summed E-state index contributed by atoms with van der Waals surface area (Å²) in [5.41, 5.74) is 5.42. The van der Waals surface area contributed by atoms with Gasteiger partial charge in [-0.3, -0.25) is 0 Å². The Morgan fingerprint density at radius 3 is 3.00 bits per heavy atom. The first-order valence-electron chi connectivity index (χ1n) is 6.11. The molecule has 0 amide bonds. The summed E-state index contributed by atoms with van der Waals surface area (Å²) in [6, 6.07) is 0.531. The topological polar surface area (TPSA) is 77.4 Å². The molecule has 0 unspecified atom stereocenters. The molecule has 1 aliphatic carbocycles. The van der Waals surface area contributed by atoms with Crippen LogP contribution in [0.1, 0.15) is 18.7 Å². The van der Waals surface area contributed by atoms with E-state index in [1.807, 2.05) is 11.9 Å². The third-order valence-corrected chi connectivity index (χ3v) is 2.76. The highest BCUT2D eigenvalue weighted by Crippen LogP contribution is 2.28. The van der Waals surface area contributed by atoms with Gasteiger partial charge in [0, 0.05) is 33.2 Å². The van der Waals surface area contributed by atoms with Gasteiger partial charge in [0.25, 0.3) is 0 Å². The molecule has 2 N–H and O–H groups in total. The first-order chi connectivity index (χ1) is 8.29. The molecule has 0 bridgehead atoms. The number of nitrogens with zero attached hydrogens (tertiary/aromatic N) is 3. The van der Waals surface area contributed by atoms with E-state index in [9.17, 15) is 0 Å². The average Bonchev–Trinajstić information content (AvgIpc) is 3.03. The van der Waals surface area contributed by atoms with Crippen molar-refractivity contribution in [2.45, 2.75) is 19.3 Å². The van der Waals surface area contributed by atoms with E-state index >= 15 is 0 Å². The predicted octanol–water partition coefficient (Wildman–Crippen LogP) is 0.434. The summed E-state index contributed by atoms with van der Waals surface area (Å²) in [4.78, 5) is 1.90. The van der Waals surface area contributed by atoms with Crippen molar-refractivity contribution in [3.8, 4) is 0 Å². The van der Waals surface area contributed by atoms with Crippen molar-refractivity contribution in [2.24, 2.45) is 11.7 Å². The summed E-state index contributed by atoms with van der Waals surface area (Å²) in [5.74, 6) is 1.40. The molecule has 6 heteroatoms. The second kappa shape index (κ2) is 5.97. The molecular weight excluding hydrogens is 220 g/mol. The summed E-state index contributed by atoms with van der Waals surface area (Å²) < 4.78 is 11.0. The molecular formula is C11H20N4O2. The highest BCUT2D eigenvalue weighted by Gasteiger charge is 2.21. The second-order valence-corrected chi connectivity index (χ2v) is 4.46. The fourth-order valence-electron chi connectivity index (χ4n) is 1.46. The number of hydrogen-bond acceptors (Lipinski definition) is 6. The zero-order valence-electron chi connectivity index (χ0n) is 10.3. The van der Waals surface area contributed by atoms with E-state index < -0.39 is 0 Å². The summed E-state index contributed by atoms with van der Waals surface area (Å²) in [6.45, 7) is 2.87. The first kappa shape index (κ1) is 12.3. The van der Waals surface area contributed by atoms with Gasteiger partial charge in [-0.05, 0) is 18.8 Å². The highest BCUT2D eigenvalue weighted by atomic mass is 16.5. The van der Waals surface area contributed by atoms with Crippen molar-refractivity contribution < 1.29 is 9.15 Å². The molecule has 6 nitrogen and oxygen atoms in total. The fourth-order valence-corrected chi connectivity index (χ4v) is 1.46. The van der Waals surface area contributed by atoms with Gasteiger partial charge in [0.2, 0.25) is 5.89 Å². The lowest BCUT2D eigenvalue weighted by atomic mass is 10.4. The van der Waals surface area contributed by atoms with Crippen molar-refractivity contribution in [2.75, 3.05) is 38.3 Å². The smallest absolute Gasteiger partial charge is 0.317 e. The molecule has 0 radical (unpaired) electrons. The molecule has 0 saturated heterocycles. The largest absolute Gasteiger partial charge is 0.408 e. The third-order valence-electron chi connectivity index (χ3n) is 2.76. The van der Waals surface area contributed by atoms with Gasteiger partial charge < -0.3 is 19.8 Å². The van der Waals surface area contributed by atoms with Gasteiger partial charge in [0.1, 0.15) is 0 Å². The lowest BCUT2D eigenvalue weighted by Gasteiger charge is -2.13. The van der Waals surface area contributed by atoms with Crippen LogP contribution in [-0.2, 0) is 11.2 Å². The molecule has 0 spiro atoms. The number of anilines is 1. The molecule has 1 aromatic rings. The van der Waals surface area contributed by atoms with E-state index in [2.05, 4.69) is 10.2 Å². The fraction of sp³-hybridized carbons (Fsp3) is 0.818. The molecule has 1 aliphatic rings. The van der Waals surface area contributed by atoms with Crippen molar-refractivity contribution in [1.29, 1.82) is 0 Å². The molecule has 1 heterocycles. The van der Waals surface area contributed by atoms with E-state index in [0.717, 1.165) is 19.1 Å². The summed E-state index contributed by atoms with van der Waals surface area (Å²) in [5, 5.41) is 7.87. The number of hydrogen-bond donors (Lipinski definition) is 1. The average molecular weight is 240 g/mol. The number of aromatic nitrogens is 2. The number of nitrogens with two attached hydrogens (primary N) is 1. The van der Waals surface area contributed by atoms with Crippen LogP contribution in [0.25, 0.3) is 0 Å². The Hall–Kier alpha value is -1.14. The molecule has 17 heavy (non-hydrogen) atoms. The summed E-state index contributed by atoms with van der Waals surface area (Å²) in [6.07, 6.45) is 3.27. The molecule has 0 aromatic carbocycles. The Kier molecular flexibility index (Phi) is 4.33. The van der Waals surface area contributed by atoms with Crippen molar-refractivity contribution in [1.82, 2.24) is 10.2 Å². The van der Waals surface area contributed by atoms with Crippen LogP contribution in [0, 0.1) is 5.92 Å². The molecule has 96 valence electrons. The van der Waals surface area contributed by atoms with E-state index in [4.69, 9.17) is 14.9 Å². The molecule has 0 atom stereocenters. The number of ether oxygens (including phenoxy) is 1. The standard InChI is InChI=1S/C11H20N4O2/c1-15(6-7-16-8-9-2-3-9)11-14-13-10(17-11)4-5-12/h9H,2-8,12H2,1H3. The molecule has 0 aliphatic heterocycles. The van der Waals surface area contributed by atoms with E-state index in [-0.39, 0.29) is 0 Å². The Bertz CT molecular complexity index is 338. The van der Waals surface area contributed by atoms with Crippen molar-refractivity contribution in [3.63, 3.8) is 0 Å². The minimum atomic E-state index is 0.524. The number of likely N-dealkylation sites (N-methyl/N-ethyl adjacent to an activating group) is 1. The van der Waals surface area contributed by atoms with Gasteiger partial charge in [-0.15, -0.1) is 5.10 Å². The monoisotopic (exact) mass is 240 g/mol. The van der Waals surface area contributed by atoms with Gasteiger partial charge in [-0.25, -0.2) is 0 Å². The van der Waals surface area contributed by atoms with Gasteiger partial charge in [-0.2, -0.15) is 0 Å². The van der Waals surface area contributed by atoms with Gasteiger partial charge in [-0.1, -0.05) is 5.10 Å². The zero-order valence-corrected chi connectivity index (χ0v) is 10.3. The SMILES string of the molecule is CN(CCOCC1CC1)c1nnc(CCN)o1. The maximum absolute atomic E-state index is 5.55. The van der Waals surface area contributed by atoms with Crippen LogP contribution in [0.5, 0.6) is 0 Å². The Morgan fingerprint density at radius 2 is 2.29 bits per heavy atom. The second-order valence-electron chi connectivity index (χ2n) is 4.46. The quantitative estimate of drug-likeness (QED) is 0.664. The van der Waals surface area contributed by atoms with Crippen LogP contribution >= 0.6 is 0 Å². The molecule has 1 aromatic heterocycles. The highest BCUT2D eigenvalue weighted by molar-refractivity contribution is 5.21. The maximum Gasteiger partial charge on any atom is 0.317 e. The van der Waals surface area contributed by atoms with Crippen LogP contribution in [0.4, 0.5) is 6.01 Å². The van der Waals surface area contributed by atoms with Crippen molar-refractivity contribution >= 4 is 6.01 Å². The zero-order chi connectivity index (χ0) is 12.1. The van der Waals surface area contributed by atoms with Gasteiger partial charge in [0.15, 0.2) is 0 Å². The van der Waals surface area contributed by atoms with Crippen LogP contribution < -0.4 is 10.6 Å². The van der Waals surface area contributed by atoms with Crippen molar-refractivity contribution in [3.05, 3.63) is 5.89 Å². The minimum absolute atomic E-state index is 0.524. The Balaban J connectivity index is 1.67. The normalized spacial score (nSPS) is 15.2. The van der Waals surface area contributed by atoms with E-state index in [1.54, 1.807) is 0 Å².